The summed E-state index contributed by atoms with van der Waals surface area (Å²) in [4.78, 5) is 0. The Morgan fingerprint density at radius 2 is 1.88 bits per heavy atom. The van der Waals surface area contributed by atoms with Gasteiger partial charge in [-0.05, 0) is 19.1 Å². The van der Waals surface area contributed by atoms with Gasteiger partial charge in [0.05, 0.1) is 17.7 Å². The minimum absolute atomic E-state index is 0.136. The fraction of sp³-hybridized carbons (Fsp3) is 0.400. The average Bonchev–Trinajstić information content (AvgIpc) is 2.15. The normalized spacial score (nSPS) is 15.9. The fourth-order valence-electron chi connectivity index (χ4n) is 1.23. The van der Waals surface area contributed by atoms with Gasteiger partial charge in [-0.1, -0.05) is 6.07 Å². The van der Waals surface area contributed by atoms with Crippen LogP contribution in [0.5, 0.6) is 0 Å². The molecule has 0 unspecified atom stereocenters. The number of hydrogen-bond donors (Lipinski definition) is 2. The maximum atomic E-state index is 13.3. The number of halogens is 4. The Balaban J connectivity index is 3.10. The number of benzene rings is 1. The zero-order valence-electron chi connectivity index (χ0n) is 8.42. The van der Waals surface area contributed by atoms with Crippen molar-refractivity contribution in [2.45, 2.75) is 25.2 Å². The van der Waals surface area contributed by atoms with Crippen LogP contribution in [-0.2, 0) is 6.18 Å². The van der Waals surface area contributed by atoms with Crippen molar-refractivity contribution in [1.29, 1.82) is 0 Å². The topological polar surface area (TPSA) is 46.2 Å². The van der Waals surface area contributed by atoms with Gasteiger partial charge in [0.15, 0.2) is 0 Å². The number of aliphatic hydroxyl groups is 1. The van der Waals surface area contributed by atoms with Gasteiger partial charge in [-0.3, -0.25) is 0 Å². The second-order valence-corrected chi connectivity index (χ2v) is 3.50. The standard InChI is InChI=1S/C10H11F4NO/c1-5(16)9(15)7-3-2-6(4-8(7)11)10(12,13)14/h2-5,9,16H,15H2,1H3/t5-,9+/m0/s1. The monoisotopic (exact) mass is 237 g/mol. The van der Waals surface area contributed by atoms with Crippen LogP contribution in [0.25, 0.3) is 0 Å². The van der Waals surface area contributed by atoms with Crippen molar-refractivity contribution < 1.29 is 22.7 Å². The Kier molecular flexibility index (Phi) is 3.54. The third-order valence-electron chi connectivity index (χ3n) is 2.21. The lowest BCUT2D eigenvalue weighted by Gasteiger charge is -2.17. The second kappa shape index (κ2) is 4.39. The van der Waals surface area contributed by atoms with E-state index in [1.54, 1.807) is 0 Å². The number of hydrogen-bond acceptors (Lipinski definition) is 2. The zero-order chi connectivity index (χ0) is 12.5. The molecule has 1 aromatic carbocycles. The molecule has 1 rings (SSSR count). The first kappa shape index (κ1) is 12.9. The molecule has 6 heteroatoms. The minimum atomic E-state index is -4.59. The van der Waals surface area contributed by atoms with E-state index in [9.17, 15) is 17.6 Å². The molecular formula is C10H11F4NO. The predicted octanol–water partition coefficient (Wildman–Crippen LogP) is 2.23. The third kappa shape index (κ3) is 2.70. The number of aliphatic hydroxyl groups excluding tert-OH is 1. The Morgan fingerprint density at radius 3 is 2.25 bits per heavy atom. The lowest BCUT2D eigenvalue weighted by Crippen LogP contribution is -2.24. The van der Waals surface area contributed by atoms with Crippen LogP contribution in [0.3, 0.4) is 0 Å². The van der Waals surface area contributed by atoms with Crippen LogP contribution in [0.4, 0.5) is 17.6 Å². The second-order valence-electron chi connectivity index (χ2n) is 3.50. The Labute approximate surface area is 89.7 Å². The molecule has 0 heterocycles. The van der Waals surface area contributed by atoms with E-state index in [4.69, 9.17) is 10.8 Å². The van der Waals surface area contributed by atoms with Crippen molar-refractivity contribution in [2.75, 3.05) is 0 Å². The molecule has 0 aliphatic rings. The molecule has 0 aromatic heterocycles. The molecule has 0 amide bonds. The smallest absolute Gasteiger partial charge is 0.391 e. The summed E-state index contributed by atoms with van der Waals surface area (Å²) < 4.78 is 49.9. The summed E-state index contributed by atoms with van der Waals surface area (Å²) in [6.07, 6.45) is -5.62. The highest BCUT2D eigenvalue weighted by molar-refractivity contribution is 5.28. The fourth-order valence-corrected chi connectivity index (χ4v) is 1.23. The predicted molar refractivity (Wildman–Crippen MR) is 50.0 cm³/mol. The maximum Gasteiger partial charge on any atom is 0.416 e. The number of rotatable bonds is 2. The van der Waals surface area contributed by atoms with Gasteiger partial charge < -0.3 is 10.8 Å². The van der Waals surface area contributed by atoms with Crippen LogP contribution in [0.1, 0.15) is 24.1 Å². The van der Waals surface area contributed by atoms with Crippen LogP contribution in [0.15, 0.2) is 18.2 Å². The molecule has 0 fully saturated rings. The number of alkyl halides is 3. The van der Waals surface area contributed by atoms with Gasteiger partial charge in [-0.15, -0.1) is 0 Å². The molecule has 0 bridgehead atoms. The largest absolute Gasteiger partial charge is 0.416 e. The molecule has 0 spiro atoms. The van der Waals surface area contributed by atoms with Gasteiger partial charge in [0.2, 0.25) is 0 Å². The molecule has 0 saturated carbocycles. The minimum Gasteiger partial charge on any atom is -0.391 e. The molecule has 2 atom stereocenters. The molecule has 0 radical (unpaired) electrons. The Morgan fingerprint density at radius 1 is 1.31 bits per heavy atom. The van der Waals surface area contributed by atoms with Crippen LogP contribution in [0.2, 0.25) is 0 Å². The van der Waals surface area contributed by atoms with E-state index >= 15 is 0 Å². The summed E-state index contributed by atoms with van der Waals surface area (Å²) in [7, 11) is 0. The van der Waals surface area contributed by atoms with Gasteiger partial charge in [-0.2, -0.15) is 13.2 Å². The molecule has 3 N–H and O–H groups in total. The van der Waals surface area contributed by atoms with E-state index < -0.39 is 29.7 Å². The molecule has 2 nitrogen and oxygen atoms in total. The molecule has 0 aliphatic heterocycles. The van der Waals surface area contributed by atoms with E-state index in [2.05, 4.69) is 0 Å². The lowest BCUT2D eigenvalue weighted by molar-refractivity contribution is -0.137. The summed E-state index contributed by atoms with van der Waals surface area (Å²) >= 11 is 0. The molecule has 90 valence electrons. The van der Waals surface area contributed by atoms with E-state index in [-0.39, 0.29) is 5.56 Å². The van der Waals surface area contributed by atoms with Crippen LogP contribution in [-0.4, -0.2) is 11.2 Å². The SMILES string of the molecule is C[C@H](O)[C@@H](N)c1ccc(C(F)(F)F)cc1F. The van der Waals surface area contributed by atoms with Crippen LogP contribution >= 0.6 is 0 Å². The molecular weight excluding hydrogens is 226 g/mol. The van der Waals surface area contributed by atoms with Crippen molar-refractivity contribution in [3.63, 3.8) is 0 Å². The van der Waals surface area contributed by atoms with Crippen molar-refractivity contribution in [3.8, 4) is 0 Å². The van der Waals surface area contributed by atoms with Crippen molar-refractivity contribution in [2.24, 2.45) is 5.73 Å². The molecule has 0 saturated heterocycles. The van der Waals surface area contributed by atoms with E-state index in [1.165, 1.54) is 6.92 Å². The summed E-state index contributed by atoms with van der Waals surface area (Å²) in [5.41, 5.74) is 4.21. The van der Waals surface area contributed by atoms with E-state index in [1.807, 2.05) is 0 Å². The summed E-state index contributed by atoms with van der Waals surface area (Å²) in [5, 5.41) is 9.11. The molecule has 0 aliphatic carbocycles. The highest BCUT2D eigenvalue weighted by Gasteiger charge is 2.31. The van der Waals surface area contributed by atoms with E-state index in [0.29, 0.717) is 6.07 Å². The molecule has 16 heavy (non-hydrogen) atoms. The van der Waals surface area contributed by atoms with Gasteiger partial charge in [0.1, 0.15) is 5.82 Å². The maximum absolute atomic E-state index is 13.3. The Hall–Kier alpha value is -1.14. The van der Waals surface area contributed by atoms with Crippen molar-refractivity contribution in [1.82, 2.24) is 0 Å². The first-order chi connectivity index (χ1) is 7.23. The lowest BCUT2D eigenvalue weighted by atomic mass is 10.0. The summed E-state index contributed by atoms with van der Waals surface area (Å²) in [6.45, 7) is 1.34. The van der Waals surface area contributed by atoms with Crippen LogP contribution < -0.4 is 5.73 Å². The zero-order valence-corrected chi connectivity index (χ0v) is 8.42. The first-order valence-corrected chi connectivity index (χ1v) is 4.53. The third-order valence-corrected chi connectivity index (χ3v) is 2.21. The van der Waals surface area contributed by atoms with Crippen LogP contribution in [0, 0.1) is 5.82 Å². The van der Waals surface area contributed by atoms with Gasteiger partial charge in [-0.25, -0.2) is 4.39 Å². The van der Waals surface area contributed by atoms with Gasteiger partial charge in [0.25, 0.3) is 0 Å². The summed E-state index contributed by atoms with van der Waals surface area (Å²) in [5.74, 6) is -1.07. The average molecular weight is 237 g/mol. The number of nitrogens with two attached hydrogens (primary N) is 1. The van der Waals surface area contributed by atoms with Gasteiger partial charge in [0, 0.05) is 5.56 Å². The Bertz CT molecular complexity index is 376. The van der Waals surface area contributed by atoms with E-state index in [0.717, 1.165) is 12.1 Å². The van der Waals surface area contributed by atoms with Gasteiger partial charge >= 0.3 is 6.18 Å². The quantitative estimate of drug-likeness (QED) is 0.775. The first-order valence-electron chi connectivity index (χ1n) is 4.53. The highest BCUT2D eigenvalue weighted by atomic mass is 19.4. The van der Waals surface area contributed by atoms with Crippen molar-refractivity contribution in [3.05, 3.63) is 35.1 Å². The molecule has 1 aromatic rings. The highest BCUT2D eigenvalue weighted by Crippen LogP contribution is 2.31. The van der Waals surface area contributed by atoms with Crippen molar-refractivity contribution >= 4 is 0 Å². The summed E-state index contributed by atoms with van der Waals surface area (Å²) in [6, 6.07) is 1.01.